The van der Waals surface area contributed by atoms with Gasteiger partial charge < -0.3 is 0 Å². The Morgan fingerprint density at radius 2 is 1.00 bits per heavy atom. The van der Waals surface area contributed by atoms with Gasteiger partial charge in [0.1, 0.15) is 0 Å². The van der Waals surface area contributed by atoms with Crippen molar-refractivity contribution in [1.29, 1.82) is 0 Å². The predicted molar refractivity (Wildman–Crippen MR) is 75.8 cm³/mol. The second kappa shape index (κ2) is 11.0. The van der Waals surface area contributed by atoms with Crippen molar-refractivity contribution >= 4 is 0 Å². The van der Waals surface area contributed by atoms with Crippen LogP contribution in [0.4, 0.5) is 0 Å². The lowest BCUT2D eigenvalue weighted by Gasteiger charge is -2.11. The standard InChI is InChI=1S/C16H30/c1-5-9-13-15(11-7-3)16(12-8-4)14-10-6-2/h13-14H,5-12H2,1-4H3/b15-13+,16-14+. The zero-order chi connectivity index (χ0) is 12.2. The molecule has 0 aromatic carbocycles. The summed E-state index contributed by atoms with van der Waals surface area (Å²) in [5.41, 5.74) is 3.25. The van der Waals surface area contributed by atoms with Gasteiger partial charge in [0.2, 0.25) is 0 Å². The highest BCUT2D eigenvalue weighted by atomic mass is 14.1. The zero-order valence-corrected chi connectivity index (χ0v) is 11.8. The molecule has 0 amide bonds. The van der Waals surface area contributed by atoms with Crippen LogP contribution >= 0.6 is 0 Å². The van der Waals surface area contributed by atoms with Crippen molar-refractivity contribution in [3.63, 3.8) is 0 Å². The maximum absolute atomic E-state index is 2.47. The Kier molecular flexibility index (Phi) is 10.6. The van der Waals surface area contributed by atoms with E-state index in [1.54, 1.807) is 11.1 Å². The van der Waals surface area contributed by atoms with Crippen molar-refractivity contribution in [1.82, 2.24) is 0 Å². The van der Waals surface area contributed by atoms with Crippen LogP contribution in [0.1, 0.15) is 79.1 Å². The third kappa shape index (κ3) is 6.87. The van der Waals surface area contributed by atoms with Crippen LogP contribution in [0.3, 0.4) is 0 Å². The molecule has 0 atom stereocenters. The van der Waals surface area contributed by atoms with Crippen molar-refractivity contribution in [3.05, 3.63) is 23.3 Å². The van der Waals surface area contributed by atoms with Crippen molar-refractivity contribution in [2.75, 3.05) is 0 Å². The van der Waals surface area contributed by atoms with Gasteiger partial charge in [0.05, 0.1) is 0 Å². The summed E-state index contributed by atoms with van der Waals surface area (Å²) in [6.45, 7) is 9.08. The third-order valence-electron chi connectivity index (χ3n) is 2.81. The molecule has 0 aliphatic carbocycles. The van der Waals surface area contributed by atoms with E-state index in [4.69, 9.17) is 0 Å². The maximum Gasteiger partial charge on any atom is -0.0282 e. The minimum atomic E-state index is 1.24. The SMILES string of the molecule is CCC/C=C(CCC)/C(=C/CCC)CCC. The highest BCUT2D eigenvalue weighted by molar-refractivity contribution is 5.30. The quantitative estimate of drug-likeness (QED) is 0.417. The molecule has 0 spiro atoms. The molecule has 0 rings (SSSR count). The normalized spacial score (nSPS) is 13.2. The van der Waals surface area contributed by atoms with E-state index in [1.807, 2.05) is 0 Å². The van der Waals surface area contributed by atoms with E-state index in [0.717, 1.165) is 0 Å². The van der Waals surface area contributed by atoms with Crippen LogP contribution in [-0.4, -0.2) is 0 Å². The Bertz CT molecular complexity index is 184. The number of rotatable bonds is 9. The van der Waals surface area contributed by atoms with Crippen LogP contribution in [-0.2, 0) is 0 Å². The lowest BCUT2D eigenvalue weighted by molar-refractivity contribution is 0.825. The lowest BCUT2D eigenvalue weighted by Crippen LogP contribution is -1.91. The molecule has 94 valence electrons. The van der Waals surface area contributed by atoms with Gasteiger partial charge in [-0.15, -0.1) is 0 Å². The first kappa shape index (κ1) is 15.5. The second-order valence-electron chi connectivity index (χ2n) is 4.54. The summed E-state index contributed by atoms with van der Waals surface area (Å²) in [5.74, 6) is 0. The fraction of sp³-hybridized carbons (Fsp3) is 0.750. The summed E-state index contributed by atoms with van der Waals surface area (Å²) >= 11 is 0. The molecular formula is C16H30. The molecule has 16 heavy (non-hydrogen) atoms. The Balaban J connectivity index is 4.64. The minimum absolute atomic E-state index is 1.24. The fourth-order valence-electron chi connectivity index (χ4n) is 1.96. The predicted octanol–water partition coefficient (Wildman–Crippen LogP) is 6.04. The van der Waals surface area contributed by atoms with Crippen molar-refractivity contribution in [3.8, 4) is 0 Å². The molecule has 0 heterocycles. The molecule has 0 nitrogen and oxygen atoms in total. The molecule has 0 saturated carbocycles. The van der Waals surface area contributed by atoms with Crippen LogP contribution in [0.15, 0.2) is 23.3 Å². The molecule has 0 unspecified atom stereocenters. The smallest absolute Gasteiger partial charge is 0.0282 e. The molecule has 0 saturated heterocycles. The average Bonchev–Trinajstić information content (AvgIpc) is 2.30. The van der Waals surface area contributed by atoms with Gasteiger partial charge in [0.15, 0.2) is 0 Å². The van der Waals surface area contributed by atoms with Gasteiger partial charge in [-0.05, 0) is 36.8 Å². The summed E-state index contributed by atoms with van der Waals surface area (Å²) in [4.78, 5) is 0. The largest absolute Gasteiger partial charge is 0.0811 e. The molecule has 0 aromatic rings. The molecule has 0 heteroatoms. The van der Waals surface area contributed by atoms with Gasteiger partial charge in [-0.3, -0.25) is 0 Å². The Morgan fingerprint density at radius 3 is 1.25 bits per heavy atom. The van der Waals surface area contributed by atoms with E-state index in [-0.39, 0.29) is 0 Å². The third-order valence-corrected chi connectivity index (χ3v) is 2.81. The molecule has 0 radical (unpaired) electrons. The topological polar surface area (TPSA) is 0 Å². The van der Waals surface area contributed by atoms with Gasteiger partial charge in [0, 0.05) is 0 Å². The fourth-order valence-corrected chi connectivity index (χ4v) is 1.96. The molecule has 0 fully saturated rings. The van der Waals surface area contributed by atoms with E-state index in [0.29, 0.717) is 0 Å². The maximum atomic E-state index is 2.47. The van der Waals surface area contributed by atoms with Gasteiger partial charge in [-0.25, -0.2) is 0 Å². The first-order valence-corrected chi connectivity index (χ1v) is 7.18. The summed E-state index contributed by atoms with van der Waals surface area (Å²) in [6, 6.07) is 0. The number of hydrogen-bond acceptors (Lipinski definition) is 0. The monoisotopic (exact) mass is 222 g/mol. The molecule has 0 aliphatic rings. The van der Waals surface area contributed by atoms with Crippen LogP contribution in [0.5, 0.6) is 0 Å². The van der Waals surface area contributed by atoms with Crippen LogP contribution < -0.4 is 0 Å². The van der Waals surface area contributed by atoms with Crippen LogP contribution in [0.2, 0.25) is 0 Å². The first-order valence-electron chi connectivity index (χ1n) is 7.18. The Labute approximate surface area is 103 Å². The first-order chi connectivity index (χ1) is 7.79. The average molecular weight is 222 g/mol. The van der Waals surface area contributed by atoms with Crippen molar-refractivity contribution in [2.45, 2.75) is 79.1 Å². The van der Waals surface area contributed by atoms with E-state index >= 15 is 0 Å². The second-order valence-corrected chi connectivity index (χ2v) is 4.54. The Hall–Kier alpha value is -0.520. The lowest BCUT2D eigenvalue weighted by atomic mass is 9.95. The van der Waals surface area contributed by atoms with Gasteiger partial charge in [0.25, 0.3) is 0 Å². The van der Waals surface area contributed by atoms with Crippen molar-refractivity contribution < 1.29 is 0 Å². The zero-order valence-electron chi connectivity index (χ0n) is 11.8. The summed E-state index contributed by atoms with van der Waals surface area (Å²) in [6.07, 6.45) is 15.0. The molecule has 0 N–H and O–H groups in total. The van der Waals surface area contributed by atoms with E-state index in [1.165, 1.54) is 51.4 Å². The van der Waals surface area contributed by atoms with E-state index in [2.05, 4.69) is 39.8 Å². The minimum Gasteiger partial charge on any atom is -0.0811 e. The van der Waals surface area contributed by atoms with Gasteiger partial charge in [-0.1, -0.05) is 65.5 Å². The summed E-state index contributed by atoms with van der Waals surface area (Å²) in [7, 11) is 0. The summed E-state index contributed by atoms with van der Waals surface area (Å²) in [5, 5.41) is 0. The summed E-state index contributed by atoms with van der Waals surface area (Å²) < 4.78 is 0. The van der Waals surface area contributed by atoms with Gasteiger partial charge in [-0.2, -0.15) is 0 Å². The molecule has 0 aliphatic heterocycles. The number of unbranched alkanes of at least 4 members (excludes halogenated alkanes) is 2. The van der Waals surface area contributed by atoms with Crippen molar-refractivity contribution in [2.24, 2.45) is 0 Å². The number of allylic oxidation sites excluding steroid dienone is 4. The number of hydrogen-bond donors (Lipinski definition) is 0. The van der Waals surface area contributed by atoms with Gasteiger partial charge >= 0.3 is 0 Å². The van der Waals surface area contributed by atoms with E-state index in [9.17, 15) is 0 Å². The molecular weight excluding hydrogens is 192 g/mol. The highest BCUT2D eigenvalue weighted by Crippen LogP contribution is 2.22. The van der Waals surface area contributed by atoms with Crippen LogP contribution in [0.25, 0.3) is 0 Å². The highest BCUT2D eigenvalue weighted by Gasteiger charge is 2.02. The Morgan fingerprint density at radius 1 is 0.625 bits per heavy atom. The van der Waals surface area contributed by atoms with Crippen LogP contribution in [0, 0.1) is 0 Å². The molecule has 0 bridgehead atoms. The van der Waals surface area contributed by atoms with E-state index < -0.39 is 0 Å². The molecule has 0 aromatic heterocycles.